The zero-order valence-corrected chi connectivity index (χ0v) is 13.2. The van der Waals surface area contributed by atoms with Crippen molar-refractivity contribution in [3.05, 3.63) is 41.1 Å². The summed E-state index contributed by atoms with van der Waals surface area (Å²) in [5, 5.41) is 12.0. The van der Waals surface area contributed by atoms with Crippen LogP contribution in [0.2, 0.25) is 0 Å². The summed E-state index contributed by atoms with van der Waals surface area (Å²) in [5.74, 6) is -1.10. The maximum atomic E-state index is 11.9. The van der Waals surface area contributed by atoms with Crippen LogP contribution in [0, 0.1) is 13.8 Å². The highest BCUT2D eigenvalue weighted by Gasteiger charge is 2.19. The standard InChI is InChI=1S/C14H14N2O3S2/c1-8-3-5-10(6-4-8)20-7-11(17)15-13-12(14(18)19)9(2)16-21-13/h3-6H,7H2,1-2H3,(H,15,17)(H,18,19). The van der Waals surface area contributed by atoms with E-state index in [0.29, 0.717) is 5.69 Å². The Morgan fingerprint density at radius 1 is 1.29 bits per heavy atom. The second-order valence-corrected chi connectivity index (χ2v) is 6.25. The van der Waals surface area contributed by atoms with E-state index in [0.717, 1.165) is 22.0 Å². The van der Waals surface area contributed by atoms with Gasteiger partial charge in [-0.1, -0.05) is 17.7 Å². The lowest BCUT2D eigenvalue weighted by molar-refractivity contribution is -0.113. The van der Waals surface area contributed by atoms with Crippen LogP contribution in [0.15, 0.2) is 29.2 Å². The fraction of sp³-hybridized carbons (Fsp3) is 0.214. The van der Waals surface area contributed by atoms with Crippen LogP contribution in [0.1, 0.15) is 21.6 Å². The third-order valence-electron chi connectivity index (χ3n) is 2.72. The van der Waals surface area contributed by atoms with Crippen LogP contribution in [0.3, 0.4) is 0 Å². The Morgan fingerprint density at radius 3 is 2.57 bits per heavy atom. The summed E-state index contributed by atoms with van der Waals surface area (Å²) in [4.78, 5) is 24.0. The average Bonchev–Trinajstić information content (AvgIpc) is 2.79. The molecule has 0 unspecified atom stereocenters. The first-order valence-corrected chi connectivity index (χ1v) is 7.92. The number of hydrogen-bond donors (Lipinski definition) is 2. The van der Waals surface area contributed by atoms with Crippen molar-refractivity contribution in [3.63, 3.8) is 0 Å². The van der Waals surface area contributed by atoms with Crippen molar-refractivity contribution in [2.75, 3.05) is 11.1 Å². The molecule has 0 spiro atoms. The predicted molar refractivity (Wildman–Crippen MR) is 84.3 cm³/mol. The number of anilines is 1. The van der Waals surface area contributed by atoms with Gasteiger partial charge < -0.3 is 10.4 Å². The number of carboxylic acids is 1. The van der Waals surface area contributed by atoms with E-state index in [1.54, 1.807) is 6.92 Å². The first-order valence-electron chi connectivity index (χ1n) is 6.16. The topological polar surface area (TPSA) is 79.3 Å². The van der Waals surface area contributed by atoms with Gasteiger partial charge in [0.15, 0.2) is 0 Å². The molecule has 0 atom stereocenters. The van der Waals surface area contributed by atoms with E-state index < -0.39 is 5.97 Å². The summed E-state index contributed by atoms with van der Waals surface area (Å²) < 4.78 is 3.96. The number of amides is 1. The number of aryl methyl sites for hydroxylation is 2. The number of nitrogens with zero attached hydrogens (tertiary/aromatic N) is 1. The molecule has 2 aromatic rings. The molecule has 0 radical (unpaired) electrons. The molecule has 5 nitrogen and oxygen atoms in total. The number of carbonyl (C=O) groups excluding carboxylic acids is 1. The Hall–Kier alpha value is -1.86. The number of rotatable bonds is 5. The molecule has 7 heteroatoms. The molecule has 1 aromatic carbocycles. The van der Waals surface area contributed by atoms with Gasteiger partial charge in [0.05, 0.1) is 11.4 Å². The summed E-state index contributed by atoms with van der Waals surface area (Å²) in [6.45, 7) is 3.61. The fourth-order valence-electron chi connectivity index (χ4n) is 1.65. The molecule has 0 bridgehead atoms. The quantitative estimate of drug-likeness (QED) is 0.827. The van der Waals surface area contributed by atoms with E-state index in [2.05, 4.69) is 9.69 Å². The van der Waals surface area contributed by atoms with Gasteiger partial charge in [0.1, 0.15) is 10.6 Å². The second-order valence-electron chi connectivity index (χ2n) is 4.43. The number of thioether (sulfide) groups is 1. The maximum Gasteiger partial charge on any atom is 0.340 e. The van der Waals surface area contributed by atoms with Crippen LogP contribution < -0.4 is 5.32 Å². The maximum absolute atomic E-state index is 11.9. The molecule has 1 amide bonds. The largest absolute Gasteiger partial charge is 0.478 e. The summed E-state index contributed by atoms with van der Waals surface area (Å²) in [6, 6.07) is 7.87. The number of carbonyl (C=O) groups is 2. The smallest absolute Gasteiger partial charge is 0.340 e. The lowest BCUT2D eigenvalue weighted by atomic mass is 10.2. The highest BCUT2D eigenvalue weighted by molar-refractivity contribution is 8.00. The predicted octanol–water partition coefficient (Wildman–Crippen LogP) is 3.19. The number of nitrogens with one attached hydrogen (secondary N) is 1. The molecule has 0 aliphatic rings. The highest BCUT2D eigenvalue weighted by atomic mass is 32.2. The van der Waals surface area contributed by atoms with E-state index in [9.17, 15) is 9.59 Å². The molecule has 0 aliphatic heterocycles. The van der Waals surface area contributed by atoms with Gasteiger partial charge in [0.25, 0.3) is 0 Å². The molecule has 1 aromatic heterocycles. The van der Waals surface area contributed by atoms with Gasteiger partial charge in [-0.15, -0.1) is 11.8 Å². The number of aromatic nitrogens is 1. The van der Waals surface area contributed by atoms with Crippen molar-refractivity contribution in [2.24, 2.45) is 0 Å². The van der Waals surface area contributed by atoms with E-state index in [1.807, 2.05) is 31.2 Å². The summed E-state index contributed by atoms with van der Waals surface area (Å²) >= 11 is 2.39. The van der Waals surface area contributed by atoms with Crippen LogP contribution in [0.4, 0.5) is 5.00 Å². The van der Waals surface area contributed by atoms with Crippen molar-refractivity contribution in [3.8, 4) is 0 Å². The van der Waals surface area contributed by atoms with E-state index in [-0.39, 0.29) is 22.2 Å². The number of hydrogen-bond acceptors (Lipinski definition) is 5. The monoisotopic (exact) mass is 322 g/mol. The van der Waals surface area contributed by atoms with E-state index in [4.69, 9.17) is 5.11 Å². The zero-order chi connectivity index (χ0) is 15.4. The minimum atomic E-state index is -1.08. The van der Waals surface area contributed by atoms with Gasteiger partial charge in [-0.3, -0.25) is 4.79 Å². The summed E-state index contributed by atoms with van der Waals surface area (Å²) in [7, 11) is 0. The number of benzene rings is 1. The van der Waals surface area contributed by atoms with Crippen LogP contribution in [-0.4, -0.2) is 27.1 Å². The minimum Gasteiger partial charge on any atom is -0.478 e. The minimum absolute atomic E-state index is 0.0636. The molecule has 2 rings (SSSR count). The molecular formula is C14H14N2O3S2. The van der Waals surface area contributed by atoms with Gasteiger partial charge in [0.2, 0.25) is 5.91 Å². The molecule has 1 heterocycles. The Labute approximate surface area is 130 Å². The van der Waals surface area contributed by atoms with Gasteiger partial charge in [-0.25, -0.2) is 4.79 Å². The Kier molecular flexibility index (Phi) is 4.98. The first kappa shape index (κ1) is 15.5. The Balaban J connectivity index is 1.96. The second kappa shape index (κ2) is 6.73. The van der Waals surface area contributed by atoms with Crippen LogP contribution in [-0.2, 0) is 4.79 Å². The van der Waals surface area contributed by atoms with Crippen molar-refractivity contribution >= 4 is 40.2 Å². The van der Waals surface area contributed by atoms with Crippen molar-refractivity contribution in [1.82, 2.24) is 4.37 Å². The van der Waals surface area contributed by atoms with Gasteiger partial charge in [-0.2, -0.15) is 4.37 Å². The highest BCUT2D eigenvalue weighted by Crippen LogP contribution is 2.25. The van der Waals surface area contributed by atoms with Crippen molar-refractivity contribution < 1.29 is 14.7 Å². The summed E-state index contributed by atoms with van der Waals surface area (Å²) in [5.41, 5.74) is 1.64. The van der Waals surface area contributed by atoms with Gasteiger partial charge in [-0.05, 0) is 37.5 Å². The fourth-order valence-corrected chi connectivity index (χ4v) is 3.16. The molecule has 21 heavy (non-hydrogen) atoms. The molecule has 0 fully saturated rings. The average molecular weight is 322 g/mol. The Bertz CT molecular complexity index is 665. The molecule has 2 N–H and O–H groups in total. The lowest BCUT2D eigenvalue weighted by Crippen LogP contribution is -2.15. The molecule has 0 aliphatic carbocycles. The van der Waals surface area contributed by atoms with E-state index >= 15 is 0 Å². The van der Waals surface area contributed by atoms with E-state index in [1.165, 1.54) is 11.8 Å². The molecular weight excluding hydrogens is 308 g/mol. The Morgan fingerprint density at radius 2 is 1.95 bits per heavy atom. The molecule has 110 valence electrons. The summed E-state index contributed by atoms with van der Waals surface area (Å²) in [6.07, 6.45) is 0. The number of aromatic carboxylic acids is 1. The SMILES string of the molecule is Cc1ccc(SCC(=O)Nc2snc(C)c2C(=O)O)cc1. The van der Waals surface area contributed by atoms with Crippen LogP contribution >= 0.6 is 23.3 Å². The third kappa shape index (κ3) is 4.05. The van der Waals surface area contributed by atoms with Crippen LogP contribution in [0.25, 0.3) is 0 Å². The van der Waals surface area contributed by atoms with Crippen molar-refractivity contribution in [2.45, 2.75) is 18.7 Å². The van der Waals surface area contributed by atoms with Crippen molar-refractivity contribution in [1.29, 1.82) is 0 Å². The molecule has 0 saturated carbocycles. The van der Waals surface area contributed by atoms with Crippen LogP contribution in [0.5, 0.6) is 0 Å². The number of carboxylic acid groups (broad SMARTS) is 1. The lowest BCUT2D eigenvalue weighted by Gasteiger charge is -2.04. The normalized spacial score (nSPS) is 10.4. The van der Waals surface area contributed by atoms with Gasteiger partial charge in [0, 0.05) is 4.90 Å². The molecule has 0 saturated heterocycles. The first-order chi connectivity index (χ1) is 9.97. The third-order valence-corrected chi connectivity index (χ3v) is 4.59. The zero-order valence-electron chi connectivity index (χ0n) is 11.5. The van der Waals surface area contributed by atoms with Gasteiger partial charge >= 0.3 is 5.97 Å².